The summed E-state index contributed by atoms with van der Waals surface area (Å²) in [6, 6.07) is 17.0. The van der Waals surface area contributed by atoms with Crippen molar-refractivity contribution in [2.45, 2.75) is 19.8 Å². The summed E-state index contributed by atoms with van der Waals surface area (Å²) < 4.78 is 0. The Labute approximate surface area is 136 Å². The van der Waals surface area contributed by atoms with Crippen LogP contribution in [0, 0.1) is 12.3 Å². The lowest BCUT2D eigenvalue weighted by Crippen LogP contribution is -2.41. The number of rotatable bonds is 4. The van der Waals surface area contributed by atoms with Crippen LogP contribution in [0.15, 0.2) is 54.6 Å². The first-order chi connectivity index (χ1) is 11.0. The molecule has 1 aliphatic carbocycles. The number of carbonyl (C=O) groups is 2. The molecule has 4 heteroatoms. The van der Waals surface area contributed by atoms with Crippen molar-refractivity contribution < 1.29 is 9.59 Å². The lowest BCUT2D eigenvalue weighted by molar-refractivity contribution is -0.132. The zero-order valence-corrected chi connectivity index (χ0v) is 13.4. The second-order valence-electron chi connectivity index (χ2n) is 6.05. The zero-order valence-electron chi connectivity index (χ0n) is 13.4. The number of hydrogen-bond acceptors (Lipinski definition) is 2. The van der Waals surface area contributed by atoms with Gasteiger partial charge >= 0.3 is 0 Å². The predicted octanol–water partition coefficient (Wildman–Crippen LogP) is 3.38. The number of aryl methyl sites for hydroxylation is 1. The monoisotopic (exact) mass is 308 g/mol. The first-order valence-electron chi connectivity index (χ1n) is 7.75. The van der Waals surface area contributed by atoms with Gasteiger partial charge in [-0.05, 0) is 43.5 Å². The van der Waals surface area contributed by atoms with Crippen molar-refractivity contribution in [1.82, 2.24) is 0 Å². The fourth-order valence-electron chi connectivity index (χ4n) is 2.71. The first kappa shape index (κ1) is 15.3. The first-order valence-corrected chi connectivity index (χ1v) is 7.75. The van der Waals surface area contributed by atoms with Gasteiger partial charge in [-0.2, -0.15) is 0 Å². The highest BCUT2D eigenvalue weighted by Gasteiger charge is 2.57. The van der Waals surface area contributed by atoms with E-state index in [1.165, 1.54) is 0 Å². The number of nitrogens with one attached hydrogen (secondary N) is 1. The molecule has 4 nitrogen and oxygen atoms in total. The van der Waals surface area contributed by atoms with Gasteiger partial charge in [-0.3, -0.25) is 9.59 Å². The van der Waals surface area contributed by atoms with E-state index in [2.05, 4.69) is 5.32 Å². The normalized spacial score (nSPS) is 14.9. The van der Waals surface area contributed by atoms with E-state index in [4.69, 9.17) is 0 Å². The van der Waals surface area contributed by atoms with Gasteiger partial charge in [0.25, 0.3) is 0 Å². The van der Waals surface area contributed by atoms with Crippen LogP contribution in [0.5, 0.6) is 0 Å². The summed E-state index contributed by atoms with van der Waals surface area (Å²) >= 11 is 0. The maximum Gasteiger partial charge on any atom is 0.242 e. The molecule has 2 aromatic carbocycles. The van der Waals surface area contributed by atoms with E-state index in [0.717, 1.165) is 16.9 Å². The Bertz CT molecular complexity index is 736. The van der Waals surface area contributed by atoms with Gasteiger partial charge in [0, 0.05) is 18.4 Å². The van der Waals surface area contributed by atoms with Gasteiger partial charge < -0.3 is 10.2 Å². The molecule has 118 valence electrons. The molecule has 0 saturated heterocycles. The highest BCUT2D eigenvalue weighted by Crippen LogP contribution is 2.48. The Morgan fingerprint density at radius 1 is 1.00 bits per heavy atom. The van der Waals surface area contributed by atoms with Crippen LogP contribution >= 0.6 is 0 Å². The summed E-state index contributed by atoms with van der Waals surface area (Å²) in [5.41, 5.74) is 1.62. The number of amides is 2. The van der Waals surface area contributed by atoms with Crippen LogP contribution in [0.2, 0.25) is 0 Å². The second kappa shape index (κ2) is 5.88. The summed E-state index contributed by atoms with van der Waals surface area (Å²) in [6.07, 6.45) is 1.20. The van der Waals surface area contributed by atoms with E-state index in [9.17, 15) is 9.59 Å². The second-order valence-corrected chi connectivity index (χ2v) is 6.05. The van der Waals surface area contributed by atoms with Crippen molar-refractivity contribution in [3.63, 3.8) is 0 Å². The number of benzene rings is 2. The molecule has 1 aliphatic rings. The van der Waals surface area contributed by atoms with Gasteiger partial charge in [0.2, 0.25) is 11.8 Å². The van der Waals surface area contributed by atoms with Gasteiger partial charge in [0.05, 0.1) is 0 Å². The smallest absolute Gasteiger partial charge is 0.242 e. The molecule has 0 aromatic heterocycles. The molecule has 0 bridgehead atoms. The van der Waals surface area contributed by atoms with E-state index in [-0.39, 0.29) is 11.8 Å². The lowest BCUT2D eigenvalue weighted by Gasteiger charge is -2.23. The standard InChI is InChI=1S/C19H20N2O2/c1-14-8-6-7-11-16(14)20-17(22)19(12-13-19)18(23)21(2)15-9-4-3-5-10-15/h3-11H,12-13H2,1-2H3,(H,20,22). The molecule has 2 aromatic rings. The molecule has 2 amide bonds. The minimum absolute atomic E-state index is 0.144. The van der Waals surface area contributed by atoms with E-state index < -0.39 is 5.41 Å². The van der Waals surface area contributed by atoms with Crippen molar-refractivity contribution in [2.24, 2.45) is 5.41 Å². The molecule has 0 spiro atoms. The predicted molar refractivity (Wildman–Crippen MR) is 91.3 cm³/mol. The summed E-state index contributed by atoms with van der Waals surface area (Å²) in [4.78, 5) is 27.1. The molecular weight excluding hydrogens is 288 g/mol. The fourth-order valence-corrected chi connectivity index (χ4v) is 2.71. The highest BCUT2D eigenvalue weighted by molar-refractivity contribution is 6.17. The lowest BCUT2D eigenvalue weighted by atomic mass is 10.0. The topological polar surface area (TPSA) is 49.4 Å². The van der Waals surface area contributed by atoms with Crippen molar-refractivity contribution in [3.05, 3.63) is 60.2 Å². The quantitative estimate of drug-likeness (QED) is 0.880. The zero-order chi connectivity index (χ0) is 16.4. The van der Waals surface area contributed by atoms with Crippen molar-refractivity contribution >= 4 is 23.2 Å². The minimum Gasteiger partial charge on any atom is -0.325 e. The van der Waals surface area contributed by atoms with Crippen LogP contribution in [-0.4, -0.2) is 18.9 Å². The fraction of sp³-hybridized carbons (Fsp3) is 0.263. The van der Waals surface area contributed by atoms with Gasteiger partial charge in [-0.15, -0.1) is 0 Å². The molecule has 0 aliphatic heterocycles. The molecule has 0 unspecified atom stereocenters. The third-order valence-corrected chi connectivity index (χ3v) is 4.44. The number of para-hydroxylation sites is 2. The van der Waals surface area contributed by atoms with E-state index in [1.807, 2.05) is 61.5 Å². The van der Waals surface area contributed by atoms with Crippen molar-refractivity contribution in [3.8, 4) is 0 Å². The molecule has 1 N–H and O–H groups in total. The van der Waals surface area contributed by atoms with E-state index >= 15 is 0 Å². The van der Waals surface area contributed by atoms with Crippen LogP contribution in [0.25, 0.3) is 0 Å². The molecule has 23 heavy (non-hydrogen) atoms. The SMILES string of the molecule is Cc1ccccc1NC(=O)C1(C(=O)N(C)c2ccccc2)CC1. The third kappa shape index (κ3) is 2.84. The Hall–Kier alpha value is -2.62. The largest absolute Gasteiger partial charge is 0.325 e. The molecule has 3 rings (SSSR count). The molecule has 0 atom stereocenters. The van der Waals surface area contributed by atoms with Crippen LogP contribution in [0.4, 0.5) is 11.4 Å². The minimum atomic E-state index is -0.924. The average Bonchev–Trinajstić information content (AvgIpc) is 3.38. The Morgan fingerprint density at radius 3 is 2.22 bits per heavy atom. The molecule has 0 radical (unpaired) electrons. The average molecular weight is 308 g/mol. The van der Waals surface area contributed by atoms with Crippen LogP contribution in [0.3, 0.4) is 0 Å². The summed E-state index contributed by atoms with van der Waals surface area (Å²) in [5.74, 6) is -0.352. The summed E-state index contributed by atoms with van der Waals surface area (Å²) in [5, 5.41) is 2.91. The number of anilines is 2. The molecule has 1 saturated carbocycles. The van der Waals surface area contributed by atoms with Gasteiger partial charge in [0.1, 0.15) is 5.41 Å². The Balaban J connectivity index is 1.78. The van der Waals surface area contributed by atoms with Crippen LogP contribution in [0.1, 0.15) is 18.4 Å². The van der Waals surface area contributed by atoms with Gasteiger partial charge in [-0.25, -0.2) is 0 Å². The van der Waals surface area contributed by atoms with Crippen LogP contribution < -0.4 is 10.2 Å². The summed E-state index contributed by atoms with van der Waals surface area (Å²) in [7, 11) is 1.72. The molecule has 0 heterocycles. The molecule has 1 fully saturated rings. The van der Waals surface area contributed by atoms with Crippen molar-refractivity contribution in [2.75, 3.05) is 17.3 Å². The number of carbonyl (C=O) groups excluding carboxylic acids is 2. The maximum atomic E-state index is 12.8. The van der Waals surface area contributed by atoms with Crippen molar-refractivity contribution in [1.29, 1.82) is 0 Å². The number of nitrogens with zero attached hydrogens (tertiary/aromatic N) is 1. The molecular formula is C19H20N2O2. The number of hydrogen-bond donors (Lipinski definition) is 1. The van der Waals surface area contributed by atoms with Gasteiger partial charge in [-0.1, -0.05) is 36.4 Å². The van der Waals surface area contributed by atoms with Crippen LogP contribution in [-0.2, 0) is 9.59 Å². The van der Waals surface area contributed by atoms with E-state index in [0.29, 0.717) is 12.8 Å². The van der Waals surface area contributed by atoms with Gasteiger partial charge in [0.15, 0.2) is 0 Å². The highest BCUT2D eigenvalue weighted by atomic mass is 16.2. The Kier molecular flexibility index (Phi) is 3.90. The Morgan fingerprint density at radius 2 is 1.61 bits per heavy atom. The third-order valence-electron chi connectivity index (χ3n) is 4.44. The summed E-state index contributed by atoms with van der Waals surface area (Å²) in [6.45, 7) is 1.94. The maximum absolute atomic E-state index is 12.8. The van der Waals surface area contributed by atoms with E-state index in [1.54, 1.807) is 11.9 Å².